The first-order chi connectivity index (χ1) is 26.1. The zero-order valence-corrected chi connectivity index (χ0v) is 32.9. The average molecular weight is 767 g/mol. The molecule has 11 heteroatoms. The first-order valence-electron chi connectivity index (χ1n) is 17.6. The number of nitrogens with zero attached hydrogens (tertiary/aromatic N) is 1. The van der Waals surface area contributed by atoms with Gasteiger partial charge in [-0.1, -0.05) is 0 Å². The molecule has 6 rings (SSSR count). The van der Waals surface area contributed by atoms with Crippen LogP contribution in [-0.4, -0.2) is 19.8 Å². The van der Waals surface area contributed by atoms with E-state index >= 15 is 0 Å². The predicted octanol–water partition coefficient (Wildman–Crippen LogP) is 12.8. The molecular formula is C42H45N2O6P3. The number of rotatable bonds is 18. The minimum absolute atomic E-state index is 0.305. The van der Waals surface area contributed by atoms with Crippen LogP contribution in [0, 0.1) is 0 Å². The van der Waals surface area contributed by atoms with Crippen molar-refractivity contribution in [2.45, 2.75) is 20.8 Å². The summed E-state index contributed by atoms with van der Waals surface area (Å²) in [5.41, 5.74) is 6.58. The summed E-state index contributed by atoms with van der Waals surface area (Å²) in [6, 6.07) is 54.3. The number of benzene rings is 6. The first-order valence-corrected chi connectivity index (χ1v) is 21.9. The van der Waals surface area contributed by atoms with Crippen molar-refractivity contribution >= 4 is 24.7 Å². The van der Waals surface area contributed by atoms with Crippen LogP contribution in [0.1, 0.15) is 20.8 Å². The van der Waals surface area contributed by atoms with Crippen molar-refractivity contribution in [3.05, 3.63) is 164 Å². The van der Waals surface area contributed by atoms with Crippen LogP contribution in [-0.2, 0) is 13.6 Å². The standard InChI is InChI=1S/C42H45N2O6P3/c1-4-45-51(48-40-28-22-37(23-29-40)34-16-10-7-11-17-34)43-53(47-6-3,50-42-32-26-39(27-33-42)36-20-14-9-15-21-36)44-52(46-5-2)49-41-30-24-38(25-31-41)35-18-12-8-13-19-35/h7-33,43,52-53H,4-6H2,1-3H3. The maximum absolute atomic E-state index is 6.78. The van der Waals surface area contributed by atoms with E-state index in [4.69, 9.17) is 31.7 Å². The molecule has 0 saturated carbocycles. The summed E-state index contributed by atoms with van der Waals surface area (Å²) in [5, 5.41) is 0. The molecule has 2 unspecified atom stereocenters. The summed E-state index contributed by atoms with van der Waals surface area (Å²) in [4.78, 5) is 3.48. The third kappa shape index (κ3) is 11.1. The van der Waals surface area contributed by atoms with Crippen molar-refractivity contribution in [2.24, 2.45) is 4.52 Å². The van der Waals surface area contributed by atoms with Gasteiger partial charge in [0.2, 0.25) is 0 Å². The summed E-state index contributed by atoms with van der Waals surface area (Å²) in [6.07, 6.45) is 0. The van der Waals surface area contributed by atoms with Gasteiger partial charge in [-0.25, -0.2) is 0 Å². The fourth-order valence-corrected chi connectivity index (χ4v) is 11.8. The van der Waals surface area contributed by atoms with Crippen LogP contribution >= 0.6 is 24.7 Å². The molecule has 0 bridgehead atoms. The SMILES string of the molecule is CCOP(N[PH](/N=[PH](/OCC)Oc1ccc(-c2ccccc2)cc1)(OCC)Oc1ccc(-c2ccccc2)cc1)Oc1ccc(-c2ccccc2)cc1. The molecule has 0 radical (unpaired) electrons. The van der Waals surface area contributed by atoms with Crippen molar-refractivity contribution in [1.82, 2.24) is 4.86 Å². The van der Waals surface area contributed by atoms with E-state index in [0.29, 0.717) is 37.1 Å². The minimum atomic E-state index is -3.82. The molecule has 1 N–H and O–H groups in total. The van der Waals surface area contributed by atoms with E-state index in [1.807, 2.05) is 148 Å². The van der Waals surface area contributed by atoms with Crippen LogP contribution in [0.2, 0.25) is 0 Å². The Balaban J connectivity index is 1.32. The van der Waals surface area contributed by atoms with Gasteiger partial charge in [-0.05, 0) is 0 Å². The Bertz CT molecular complexity index is 2010. The summed E-state index contributed by atoms with van der Waals surface area (Å²) in [5.74, 6) is 1.84. The van der Waals surface area contributed by atoms with Gasteiger partial charge in [0.15, 0.2) is 0 Å². The van der Waals surface area contributed by atoms with Crippen LogP contribution < -0.4 is 18.4 Å². The number of hydrogen-bond donors (Lipinski definition) is 1. The van der Waals surface area contributed by atoms with Crippen molar-refractivity contribution in [2.75, 3.05) is 19.8 Å². The quantitative estimate of drug-likeness (QED) is 0.0873. The van der Waals surface area contributed by atoms with Gasteiger partial charge in [-0.2, -0.15) is 0 Å². The van der Waals surface area contributed by atoms with E-state index in [2.05, 4.69) is 41.3 Å². The van der Waals surface area contributed by atoms with Gasteiger partial charge in [-0.3, -0.25) is 0 Å². The number of nitrogens with one attached hydrogen (secondary N) is 1. The molecular weight excluding hydrogens is 721 g/mol. The third-order valence-corrected chi connectivity index (χ3v) is 14.6. The predicted molar refractivity (Wildman–Crippen MR) is 222 cm³/mol. The molecule has 0 aliphatic heterocycles. The van der Waals surface area contributed by atoms with E-state index < -0.39 is 24.7 Å². The Hall–Kier alpha value is -4.35. The Morgan fingerprint density at radius 3 is 1.38 bits per heavy atom. The van der Waals surface area contributed by atoms with Crippen molar-refractivity contribution < 1.29 is 27.1 Å². The van der Waals surface area contributed by atoms with Gasteiger partial charge in [0, 0.05) is 0 Å². The average Bonchev–Trinajstić information content (AvgIpc) is 3.20. The molecule has 0 aliphatic rings. The molecule has 0 aromatic heterocycles. The van der Waals surface area contributed by atoms with E-state index in [-0.39, 0.29) is 0 Å². The second-order valence-electron chi connectivity index (χ2n) is 11.6. The fourth-order valence-electron chi connectivity index (χ4n) is 5.39. The number of hydrogen-bond acceptors (Lipinski definition) is 8. The van der Waals surface area contributed by atoms with Gasteiger partial charge in [-0.15, -0.1) is 0 Å². The molecule has 6 aromatic carbocycles. The van der Waals surface area contributed by atoms with Gasteiger partial charge in [0.1, 0.15) is 0 Å². The fraction of sp³-hybridized carbons (Fsp3) is 0.143. The zero-order valence-electron chi connectivity index (χ0n) is 30.1. The Morgan fingerprint density at radius 1 is 0.509 bits per heavy atom. The molecule has 0 saturated heterocycles. The van der Waals surface area contributed by atoms with Crippen LogP contribution in [0.3, 0.4) is 0 Å². The van der Waals surface area contributed by atoms with E-state index in [9.17, 15) is 0 Å². The molecule has 0 amide bonds. The molecule has 2 atom stereocenters. The Kier molecular flexibility index (Phi) is 14.2. The van der Waals surface area contributed by atoms with E-state index in [1.165, 1.54) is 0 Å². The zero-order chi connectivity index (χ0) is 36.7. The third-order valence-electron chi connectivity index (χ3n) is 7.86. The first kappa shape index (κ1) is 38.4. The molecule has 8 nitrogen and oxygen atoms in total. The van der Waals surface area contributed by atoms with Gasteiger partial charge in [0.05, 0.1) is 0 Å². The summed E-state index contributed by atoms with van der Waals surface area (Å²) in [7, 11) is -7.98. The Morgan fingerprint density at radius 2 is 0.943 bits per heavy atom. The topological polar surface area (TPSA) is 79.8 Å². The molecule has 53 heavy (non-hydrogen) atoms. The summed E-state index contributed by atoms with van der Waals surface area (Å²) < 4.78 is 43.7. The van der Waals surface area contributed by atoms with Gasteiger partial charge >= 0.3 is 316 Å². The second-order valence-corrected chi connectivity index (χ2v) is 17.0. The molecule has 0 spiro atoms. The summed E-state index contributed by atoms with van der Waals surface area (Å²) in [6.45, 7) is 6.81. The van der Waals surface area contributed by atoms with Gasteiger partial charge < -0.3 is 0 Å². The molecule has 0 aliphatic carbocycles. The van der Waals surface area contributed by atoms with Crippen LogP contribution in [0.5, 0.6) is 17.2 Å². The van der Waals surface area contributed by atoms with Gasteiger partial charge in [0.25, 0.3) is 0 Å². The van der Waals surface area contributed by atoms with Crippen LogP contribution in [0.4, 0.5) is 0 Å². The summed E-state index contributed by atoms with van der Waals surface area (Å²) >= 11 is 0. The van der Waals surface area contributed by atoms with Crippen molar-refractivity contribution in [3.8, 4) is 50.6 Å². The van der Waals surface area contributed by atoms with E-state index in [1.54, 1.807) is 0 Å². The van der Waals surface area contributed by atoms with Crippen molar-refractivity contribution in [3.63, 3.8) is 0 Å². The maximum atomic E-state index is 6.78. The van der Waals surface area contributed by atoms with Crippen LogP contribution in [0.15, 0.2) is 168 Å². The monoisotopic (exact) mass is 766 g/mol. The normalized spacial score (nSPS) is 12.9. The Labute approximate surface area is 315 Å². The van der Waals surface area contributed by atoms with Crippen molar-refractivity contribution in [1.29, 1.82) is 0 Å². The molecule has 0 fully saturated rings. The second kappa shape index (κ2) is 19.6. The van der Waals surface area contributed by atoms with E-state index in [0.717, 1.165) is 33.4 Å². The van der Waals surface area contributed by atoms with Crippen LogP contribution in [0.25, 0.3) is 33.4 Å². The molecule has 0 heterocycles. The molecule has 274 valence electrons. The molecule has 6 aromatic rings.